The molecule has 3 aliphatic heterocycles. The van der Waals surface area contributed by atoms with Crippen molar-refractivity contribution in [3.05, 3.63) is 65.7 Å². The third-order valence-electron chi connectivity index (χ3n) is 5.84. The van der Waals surface area contributed by atoms with Crippen LogP contribution < -0.4 is 14.2 Å². The minimum absolute atomic E-state index is 0.134. The van der Waals surface area contributed by atoms with E-state index in [1.54, 1.807) is 0 Å². The van der Waals surface area contributed by atoms with E-state index in [-0.39, 0.29) is 18.3 Å². The number of hydrogen-bond donors (Lipinski definition) is 0. The lowest BCUT2D eigenvalue weighted by molar-refractivity contribution is 0.225. The van der Waals surface area contributed by atoms with E-state index >= 15 is 0 Å². The molecular weight excluding hydrogens is 408 g/mol. The summed E-state index contributed by atoms with van der Waals surface area (Å²) in [6, 6.07) is 18.6. The molecule has 3 aromatic carbocycles. The summed E-state index contributed by atoms with van der Waals surface area (Å²) in [5.74, 6) is 2.31. The first-order valence-corrected chi connectivity index (χ1v) is 11.2. The number of hydrogen-bond acceptors (Lipinski definition) is 6. The highest BCUT2D eigenvalue weighted by atomic mass is 16.6. The molecule has 3 atom stereocenters. The van der Waals surface area contributed by atoms with E-state index in [9.17, 15) is 0 Å². The quantitative estimate of drug-likeness (QED) is 0.428. The molecule has 3 aliphatic rings. The van der Waals surface area contributed by atoms with Gasteiger partial charge in [0.15, 0.2) is 11.5 Å². The van der Waals surface area contributed by atoms with Crippen LogP contribution in [0.3, 0.4) is 0 Å². The Bertz CT molecular complexity index is 1090. The van der Waals surface area contributed by atoms with Crippen LogP contribution in [0.5, 0.6) is 17.2 Å². The lowest BCUT2D eigenvalue weighted by atomic mass is 9.97. The smallest absolute Gasteiger partial charge is 0.169 e. The Morgan fingerprint density at radius 3 is 1.62 bits per heavy atom. The van der Waals surface area contributed by atoms with Gasteiger partial charge in [-0.15, -0.1) is 0 Å². The SMILES string of the molecule is c1ccc(Cc2c(OCC3CO3)c(OCC3CO3)c3ccccc3c2OCC2CO2)cc1. The summed E-state index contributed by atoms with van der Waals surface area (Å²) in [4.78, 5) is 0. The normalized spacial score (nSPS) is 23.1. The molecule has 3 aromatic rings. The van der Waals surface area contributed by atoms with E-state index in [1.165, 1.54) is 5.56 Å². The minimum Gasteiger partial charge on any atom is -0.490 e. The maximum absolute atomic E-state index is 6.39. The molecule has 6 heteroatoms. The number of fused-ring (bicyclic) bond motifs is 1. The average molecular weight is 434 g/mol. The van der Waals surface area contributed by atoms with Crippen LogP contribution in [-0.4, -0.2) is 58.0 Å². The van der Waals surface area contributed by atoms with E-state index in [1.807, 2.05) is 18.2 Å². The van der Waals surface area contributed by atoms with Crippen molar-refractivity contribution in [2.24, 2.45) is 0 Å². The van der Waals surface area contributed by atoms with Gasteiger partial charge in [-0.2, -0.15) is 0 Å². The topological polar surface area (TPSA) is 65.3 Å². The van der Waals surface area contributed by atoms with E-state index < -0.39 is 0 Å². The van der Waals surface area contributed by atoms with Crippen molar-refractivity contribution in [1.82, 2.24) is 0 Å². The van der Waals surface area contributed by atoms with Gasteiger partial charge < -0.3 is 28.4 Å². The van der Waals surface area contributed by atoms with E-state index in [4.69, 9.17) is 28.4 Å². The van der Waals surface area contributed by atoms with Gasteiger partial charge in [0.2, 0.25) is 0 Å². The molecular formula is C26H26O6. The molecule has 3 fully saturated rings. The number of epoxide rings is 3. The molecule has 3 heterocycles. The Balaban J connectivity index is 1.48. The van der Waals surface area contributed by atoms with Crippen molar-refractivity contribution < 1.29 is 28.4 Å². The van der Waals surface area contributed by atoms with Gasteiger partial charge in [-0.05, 0) is 5.56 Å². The third-order valence-corrected chi connectivity index (χ3v) is 5.84. The van der Waals surface area contributed by atoms with Crippen LogP contribution in [0, 0.1) is 0 Å². The monoisotopic (exact) mass is 434 g/mol. The first-order valence-electron chi connectivity index (χ1n) is 11.2. The zero-order valence-electron chi connectivity index (χ0n) is 17.8. The lowest BCUT2D eigenvalue weighted by Crippen LogP contribution is -2.13. The molecule has 0 aromatic heterocycles. The Morgan fingerprint density at radius 2 is 1.06 bits per heavy atom. The predicted molar refractivity (Wildman–Crippen MR) is 119 cm³/mol. The van der Waals surface area contributed by atoms with Crippen LogP contribution >= 0.6 is 0 Å². The van der Waals surface area contributed by atoms with Crippen molar-refractivity contribution in [2.45, 2.75) is 24.7 Å². The predicted octanol–water partition coefficient (Wildman–Crippen LogP) is 3.76. The maximum Gasteiger partial charge on any atom is 0.169 e. The van der Waals surface area contributed by atoms with Gasteiger partial charge in [0.1, 0.15) is 43.9 Å². The van der Waals surface area contributed by atoms with Crippen molar-refractivity contribution in [2.75, 3.05) is 39.6 Å². The largest absolute Gasteiger partial charge is 0.490 e. The fourth-order valence-corrected chi connectivity index (χ4v) is 3.85. The molecule has 3 saturated heterocycles. The van der Waals surface area contributed by atoms with Gasteiger partial charge in [0.25, 0.3) is 0 Å². The number of ether oxygens (including phenoxy) is 6. The third kappa shape index (κ3) is 4.53. The fraction of sp³-hybridized carbons (Fsp3) is 0.385. The Hall–Kier alpha value is -2.80. The second-order valence-electron chi connectivity index (χ2n) is 8.47. The summed E-state index contributed by atoms with van der Waals surface area (Å²) in [6.07, 6.45) is 1.11. The first-order chi connectivity index (χ1) is 15.8. The van der Waals surface area contributed by atoms with Crippen LogP contribution in [0.15, 0.2) is 54.6 Å². The molecule has 6 nitrogen and oxygen atoms in total. The first kappa shape index (κ1) is 19.9. The summed E-state index contributed by atoms with van der Waals surface area (Å²) in [6.45, 7) is 3.73. The average Bonchev–Trinajstić information content (AvgIpc) is 3.68. The van der Waals surface area contributed by atoms with Gasteiger partial charge in [-0.25, -0.2) is 0 Å². The molecule has 166 valence electrons. The van der Waals surface area contributed by atoms with E-state index in [0.29, 0.717) is 26.2 Å². The second kappa shape index (κ2) is 8.62. The second-order valence-corrected chi connectivity index (χ2v) is 8.47. The van der Waals surface area contributed by atoms with E-state index in [0.717, 1.165) is 53.4 Å². The number of rotatable bonds is 11. The van der Waals surface area contributed by atoms with Gasteiger partial charge in [-0.3, -0.25) is 0 Å². The molecule has 0 saturated carbocycles. The molecule has 6 rings (SSSR count). The lowest BCUT2D eigenvalue weighted by Gasteiger charge is -2.22. The van der Waals surface area contributed by atoms with Gasteiger partial charge in [0, 0.05) is 22.8 Å². The molecule has 0 N–H and O–H groups in total. The molecule has 0 radical (unpaired) electrons. The highest BCUT2D eigenvalue weighted by Gasteiger charge is 2.31. The maximum atomic E-state index is 6.39. The summed E-state index contributed by atoms with van der Waals surface area (Å²) in [5.41, 5.74) is 2.17. The molecule has 32 heavy (non-hydrogen) atoms. The highest BCUT2D eigenvalue weighted by molar-refractivity contribution is 5.97. The number of benzene rings is 3. The highest BCUT2D eigenvalue weighted by Crippen LogP contribution is 2.47. The molecule has 0 bridgehead atoms. The fourth-order valence-electron chi connectivity index (χ4n) is 3.85. The Kier molecular flexibility index (Phi) is 5.35. The van der Waals surface area contributed by atoms with Crippen molar-refractivity contribution in [3.8, 4) is 17.2 Å². The standard InChI is InChI=1S/C26H26O6/c1-2-6-17(7-3-1)10-23-24(30-14-18-11-27-18)21-8-4-5-9-22(21)25(31-15-19-12-28-19)26(23)32-16-20-13-29-20/h1-9,18-20H,10-16H2. The van der Waals surface area contributed by atoms with Crippen molar-refractivity contribution >= 4 is 10.8 Å². The van der Waals surface area contributed by atoms with Gasteiger partial charge in [-0.1, -0.05) is 54.6 Å². The van der Waals surface area contributed by atoms with Crippen molar-refractivity contribution in [3.63, 3.8) is 0 Å². The van der Waals surface area contributed by atoms with Crippen LogP contribution in [0.2, 0.25) is 0 Å². The zero-order chi connectivity index (χ0) is 21.3. The molecule has 0 spiro atoms. The van der Waals surface area contributed by atoms with Crippen LogP contribution in [-0.2, 0) is 20.6 Å². The minimum atomic E-state index is 0.134. The van der Waals surface area contributed by atoms with E-state index in [2.05, 4.69) is 36.4 Å². The molecule has 0 amide bonds. The Morgan fingerprint density at radius 1 is 0.594 bits per heavy atom. The summed E-state index contributed by atoms with van der Waals surface area (Å²) in [5, 5.41) is 1.99. The zero-order valence-corrected chi connectivity index (χ0v) is 17.8. The molecule has 0 aliphatic carbocycles. The summed E-state index contributed by atoms with van der Waals surface area (Å²) >= 11 is 0. The molecule has 3 unspecified atom stereocenters. The van der Waals surface area contributed by atoms with Crippen LogP contribution in [0.1, 0.15) is 11.1 Å². The van der Waals surface area contributed by atoms with Gasteiger partial charge in [0.05, 0.1) is 19.8 Å². The summed E-state index contributed by atoms with van der Waals surface area (Å²) in [7, 11) is 0. The Labute approximate surface area is 186 Å². The summed E-state index contributed by atoms with van der Waals surface area (Å²) < 4.78 is 35.3. The van der Waals surface area contributed by atoms with Crippen LogP contribution in [0.4, 0.5) is 0 Å². The van der Waals surface area contributed by atoms with Gasteiger partial charge >= 0.3 is 0 Å². The van der Waals surface area contributed by atoms with Crippen molar-refractivity contribution in [1.29, 1.82) is 0 Å². The van der Waals surface area contributed by atoms with Crippen LogP contribution in [0.25, 0.3) is 10.8 Å².